The van der Waals surface area contributed by atoms with E-state index < -0.39 is 10.0 Å². The number of rotatable bonds is 4. The van der Waals surface area contributed by atoms with Gasteiger partial charge >= 0.3 is 0 Å². The second-order valence-corrected chi connectivity index (χ2v) is 9.32. The Morgan fingerprint density at radius 1 is 1.13 bits per heavy atom. The molecule has 2 N–H and O–H groups in total. The van der Waals surface area contributed by atoms with Crippen molar-refractivity contribution in [1.82, 2.24) is 24.4 Å². The standard InChI is InChI=1S/C20H25N5O4S/c1-13-19(14(2)23-22-13)30(27,28)25-8-4-7-24(9-10-25)20(26)18-11-15-5-6-16(29-3)12-17(15)21-18/h5-6,11-12,21H,4,7-10H2,1-3H3,(H,22,23). The monoisotopic (exact) mass is 431 g/mol. The Balaban J connectivity index is 1.52. The van der Waals surface area contributed by atoms with Crippen LogP contribution in [0.3, 0.4) is 0 Å². The molecule has 0 bridgehead atoms. The average Bonchev–Trinajstić information content (AvgIpc) is 3.19. The second kappa shape index (κ2) is 7.77. The molecule has 1 aliphatic heterocycles. The van der Waals surface area contributed by atoms with E-state index in [-0.39, 0.29) is 17.3 Å². The number of hydrogen-bond acceptors (Lipinski definition) is 5. The molecule has 2 aromatic heterocycles. The van der Waals surface area contributed by atoms with Crippen LogP contribution in [0.2, 0.25) is 0 Å². The fourth-order valence-corrected chi connectivity index (χ4v) is 5.71. The Kier molecular flexibility index (Phi) is 5.29. The van der Waals surface area contributed by atoms with Crippen LogP contribution in [-0.4, -0.2) is 72.0 Å². The van der Waals surface area contributed by atoms with Crippen molar-refractivity contribution in [1.29, 1.82) is 0 Å². The Morgan fingerprint density at radius 3 is 2.63 bits per heavy atom. The minimum absolute atomic E-state index is 0.139. The molecule has 1 aliphatic rings. The van der Waals surface area contributed by atoms with Crippen LogP contribution in [0.5, 0.6) is 5.75 Å². The summed E-state index contributed by atoms with van der Waals surface area (Å²) in [6.07, 6.45) is 0.564. The van der Waals surface area contributed by atoms with E-state index in [1.807, 2.05) is 24.3 Å². The number of sulfonamides is 1. The number of aromatic nitrogens is 3. The predicted octanol–water partition coefficient (Wildman–Crippen LogP) is 2.05. The van der Waals surface area contributed by atoms with E-state index in [0.717, 1.165) is 10.9 Å². The largest absolute Gasteiger partial charge is 0.497 e. The number of benzene rings is 1. The van der Waals surface area contributed by atoms with Crippen molar-refractivity contribution >= 4 is 26.8 Å². The van der Waals surface area contributed by atoms with E-state index in [1.54, 1.807) is 25.9 Å². The molecule has 1 fully saturated rings. The van der Waals surface area contributed by atoms with Crippen molar-refractivity contribution in [2.24, 2.45) is 0 Å². The third-order valence-corrected chi connectivity index (χ3v) is 7.62. The summed E-state index contributed by atoms with van der Waals surface area (Å²) in [4.78, 5) is 18.1. The number of nitrogens with zero attached hydrogens (tertiary/aromatic N) is 3. The van der Waals surface area contributed by atoms with Gasteiger partial charge < -0.3 is 14.6 Å². The smallest absolute Gasteiger partial charge is 0.270 e. The molecule has 160 valence electrons. The van der Waals surface area contributed by atoms with Crippen LogP contribution < -0.4 is 4.74 Å². The van der Waals surface area contributed by atoms with Gasteiger partial charge in [0.25, 0.3) is 5.91 Å². The maximum absolute atomic E-state index is 13.1. The minimum Gasteiger partial charge on any atom is -0.497 e. The zero-order valence-corrected chi connectivity index (χ0v) is 18.0. The lowest BCUT2D eigenvalue weighted by molar-refractivity contribution is 0.0759. The lowest BCUT2D eigenvalue weighted by atomic mass is 10.2. The maximum atomic E-state index is 13.1. The van der Waals surface area contributed by atoms with Crippen LogP contribution >= 0.6 is 0 Å². The Morgan fingerprint density at radius 2 is 1.93 bits per heavy atom. The SMILES string of the molecule is COc1ccc2cc(C(=O)N3CCCN(S(=O)(=O)c4c(C)n[nH]c4C)CC3)[nH]c2c1. The highest BCUT2D eigenvalue weighted by Crippen LogP contribution is 2.24. The van der Waals surface area contributed by atoms with Gasteiger partial charge in [-0.05, 0) is 38.5 Å². The molecule has 0 unspecified atom stereocenters. The molecule has 0 spiro atoms. The van der Waals surface area contributed by atoms with Crippen molar-refractivity contribution in [2.45, 2.75) is 25.2 Å². The molecular formula is C20H25N5O4S. The van der Waals surface area contributed by atoms with Crippen molar-refractivity contribution in [3.8, 4) is 5.75 Å². The zero-order valence-electron chi connectivity index (χ0n) is 17.2. The summed E-state index contributed by atoms with van der Waals surface area (Å²) in [5.41, 5.74) is 2.29. The number of amides is 1. The van der Waals surface area contributed by atoms with Gasteiger partial charge in [-0.3, -0.25) is 9.89 Å². The van der Waals surface area contributed by atoms with Gasteiger partial charge in [-0.15, -0.1) is 0 Å². The number of nitrogens with one attached hydrogen (secondary N) is 2. The molecule has 30 heavy (non-hydrogen) atoms. The highest BCUT2D eigenvalue weighted by Gasteiger charge is 2.32. The molecule has 9 nitrogen and oxygen atoms in total. The Bertz CT molecular complexity index is 1180. The number of aromatic amines is 2. The molecule has 0 radical (unpaired) electrons. The molecule has 0 atom stereocenters. The van der Waals surface area contributed by atoms with Crippen molar-refractivity contribution in [3.05, 3.63) is 41.3 Å². The predicted molar refractivity (Wildman–Crippen MR) is 112 cm³/mol. The van der Waals surface area contributed by atoms with E-state index in [4.69, 9.17) is 4.74 Å². The highest BCUT2D eigenvalue weighted by atomic mass is 32.2. The minimum atomic E-state index is -3.67. The second-order valence-electron chi connectivity index (χ2n) is 7.45. The molecule has 4 rings (SSSR count). The highest BCUT2D eigenvalue weighted by molar-refractivity contribution is 7.89. The van der Waals surface area contributed by atoms with Gasteiger partial charge in [0, 0.05) is 43.1 Å². The first-order chi connectivity index (χ1) is 14.3. The lowest BCUT2D eigenvalue weighted by Crippen LogP contribution is -2.37. The van der Waals surface area contributed by atoms with E-state index >= 15 is 0 Å². The van der Waals surface area contributed by atoms with Crippen LogP contribution in [0.4, 0.5) is 0 Å². The Hall–Kier alpha value is -2.85. The number of carbonyl (C=O) groups excluding carboxylic acids is 1. The molecule has 3 heterocycles. The summed E-state index contributed by atoms with van der Waals surface area (Å²) in [6.45, 7) is 4.80. The number of carbonyl (C=O) groups is 1. The molecule has 1 saturated heterocycles. The summed E-state index contributed by atoms with van der Waals surface area (Å²) in [7, 11) is -2.07. The first-order valence-electron chi connectivity index (χ1n) is 9.79. The van der Waals surface area contributed by atoms with E-state index in [2.05, 4.69) is 15.2 Å². The summed E-state index contributed by atoms with van der Waals surface area (Å²) >= 11 is 0. The summed E-state index contributed by atoms with van der Waals surface area (Å²) in [6, 6.07) is 7.40. The maximum Gasteiger partial charge on any atom is 0.270 e. The molecule has 0 saturated carbocycles. The van der Waals surface area contributed by atoms with Crippen molar-refractivity contribution in [3.63, 3.8) is 0 Å². The van der Waals surface area contributed by atoms with Crippen LogP contribution in [0, 0.1) is 13.8 Å². The van der Waals surface area contributed by atoms with E-state index in [1.165, 1.54) is 4.31 Å². The first kappa shape index (κ1) is 20.4. The third kappa shape index (κ3) is 3.56. The van der Waals surface area contributed by atoms with Crippen LogP contribution in [0.15, 0.2) is 29.2 Å². The van der Waals surface area contributed by atoms with Crippen LogP contribution in [0.1, 0.15) is 28.3 Å². The first-order valence-corrected chi connectivity index (χ1v) is 11.2. The Labute approximate surface area is 175 Å². The molecule has 10 heteroatoms. The van der Waals surface area contributed by atoms with Gasteiger partial charge in [0.2, 0.25) is 10.0 Å². The number of aryl methyl sites for hydroxylation is 2. The van der Waals surface area contributed by atoms with Gasteiger partial charge in [0.05, 0.1) is 18.5 Å². The fraction of sp³-hybridized carbons (Fsp3) is 0.400. The summed E-state index contributed by atoms with van der Waals surface area (Å²) < 4.78 is 32.9. The van der Waals surface area contributed by atoms with Gasteiger partial charge in [0.1, 0.15) is 16.3 Å². The van der Waals surface area contributed by atoms with Gasteiger partial charge in [-0.25, -0.2) is 8.42 Å². The molecule has 3 aromatic rings. The summed E-state index contributed by atoms with van der Waals surface area (Å²) in [5.74, 6) is 0.573. The molecule has 1 amide bonds. The number of hydrogen-bond donors (Lipinski definition) is 2. The quantitative estimate of drug-likeness (QED) is 0.657. The van der Waals surface area contributed by atoms with Crippen LogP contribution in [-0.2, 0) is 10.0 Å². The van der Waals surface area contributed by atoms with Gasteiger partial charge in [-0.1, -0.05) is 0 Å². The van der Waals surface area contributed by atoms with Crippen molar-refractivity contribution in [2.75, 3.05) is 33.3 Å². The molecular weight excluding hydrogens is 406 g/mol. The number of fused-ring (bicyclic) bond motifs is 1. The molecule has 1 aromatic carbocycles. The normalized spacial score (nSPS) is 16.0. The van der Waals surface area contributed by atoms with E-state index in [9.17, 15) is 13.2 Å². The lowest BCUT2D eigenvalue weighted by Gasteiger charge is -2.21. The average molecular weight is 432 g/mol. The van der Waals surface area contributed by atoms with Gasteiger partial charge in [0.15, 0.2) is 0 Å². The molecule has 0 aliphatic carbocycles. The fourth-order valence-electron chi connectivity index (χ4n) is 3.91. The van der Waals surface area contributed by atoms with Crippen molar-refractivity contribution < 1.29 is 17.9 Å². The van der Waals surface area contributed by atoms with Crippen LogP contribution in [0.25, 0.3) is 10.9 Å². The van der Waals surface area contributed by atoms with Gasteiger partial charge in [-0.2, -0.15) is 9.40 Å². The third-order valence-electron chi connectivity index (χ3n) is 5.46. The summed E-state index contributed by atoms with van der Waals surface area (Å²) in [5, 5.41) is 7.66. The number of H-pyrrole nitrogens is 2. The number of ether oxygens (including phenoxy) is 1. The topological polar surface area (TPSA) is 111 Å². The number of methoxy groups -OCH3 is 1. The van der Waals surface area contributed by atoms with E-state index in [0.29, 0.717) is 48.9 Å². The zero-order chi connectivity index (χ0) is 21.5.